The zero-order valence-corrected chi connectivity index (χ0v) is 16.1. The number of H-pyrrole nitrogens is 1. The number of fused-ring (bicyclic) bond motifs is 2. The van der Waals surface area contributed by atoms with E-state index in [4.69, 9.17) is 4.98 Å². The lowest BCUT2D eigenvalue weighted by Gasteiger charge is -2.26. The van der Waals surface area contributed by atoms with Gasteiger partial charge in [0.1, 0.15) is 11.5 Å². The maximum Gasteiger partial charge on any atom is 0.257 e. The molecule has 2 fully saturated rings. The second-order valence-corrected chi connectivity index (χ2v) is 8.12. The van der Waals surface area contributed by atoms with Gasteiger partial charge in [-0.25, -0.2) is 14.5 Å². The third-order valence-electron chi connectivity index (χ3n) is 6.10. The van der Waals surface area contributed by atoms with Gasteiger partial charge in [-0.05, 0) is 49.8 Å². The topological polar surface area (TPSA) is 79.2 Å². The highest BCUT2D eigenvalue weighted by molar-refractivity contribution is 6.02. The first kappa shape index (κ1) is 16.7. The molecule has 7 heteroatoms. The van der Waals surface area contributed by atoms with Crippen LogP contribution in [0.15, 0.2) is 36.9 Å². The molecule has 7 nitrogen and oxygen atoms in total. The van der Waals surface area contributed by atoms with E-state index in [-0.39, 0.29) is 5.91 Å². The summed E-state index contributed by atoms with van der Waals surface area (Å²) in [4.78, 5) is 27.6. The van der Waals surface area contributed by atoms with E-state index in [0.29, 0.717) is 11.5 Å². The van der Waals surface area contributed by atoms with Crippen molar-refractivity contribution in [2.45, 2.75) is 38.0 Å². The Hall–Kier alpha value is -3.22. The number of hydrogen-bond acceptors (Lipinski definition) is 4. The highest BCUT2D eigenvalue weighted by Crippen LogP contribution is 2.39. The number of aromatic nitrogens is 5. The lowest BCUT2D eigenvalue weighted by molar-refractivity contribution is 0.0726. The molecule has 1 saturated heterocycles. The number of likely N-dealkylation sites (tertiary alicyclic amines) is 1. The molecule has 2 aliphatic rings. The first-order valence-corrected chi connectivity index (χ1v) is 10.4. The summed E-state index contributed by atoms with van der Waals surface area (Å²) < 4.78 is 1.78. The van der Waals surface area contributed by atoms with Gasteiger partial charge >= 0.3 is 0 Å². The van der Waals surface area contributed by atoms with Crippen LogP contribution in [0.3, 0.4) is 0 Å². The Balaban J connectivity index is 1.41. The van der Waals surface area contributed by atoms with Crippen LogP contribution in [0.1, 0.15) is 54.2 Å². The van der Waals surface area contributed by atoms with E-state index >= 15 is 0 Å². The molecule has 29 heavy (non-hydrogen) atoms. The van der Waals surface area contributed by atoms with Crippen molar-refractivity contribution in [2.24, 2.45) is 0 Å². The molecule has 1 saturated carbocycles. The summed E-state index contributed by atoms with van der Waals surface area (Å²) in [7, 11) is 0. The van der Waals surface area contributed by atoms with Gasteiger partial charge in [-0.2, -0.15) is 5.10 Å². The van der Waals surface area contributed by atoms with Crippen LogP contribution in [-0.4, -0.2) is 48.5 Å². The number of pyridine rings is 1. The molecule has 0 atom stereocenters. The summed E-state index contributed by atoms with van der Waals surface area (Å²) >= 11 is 0. The van der Waals surface area contributed by atoms with Gasteiger partial charge in [0.25, 0.3) is 5.91 Å². The molecule has 146 valence electrons. The van der Waals surface area contributed by atoms with Gasteiger partial charge in [0.15, 0.2) is 0 Å². The van der Waals surface area contributed by atoms with E-state index in [1.54, 1.807) is 10.7 Å². The lowest BCUT2D eigenvalue weighted by atomic mass is 10.1. The largest absolute Gasteiger partial charge is 0.345 e. The standard InChI is InChI=1S/C22H22N6O/c29-22(27-7-2-1-3-8-27)18-13-25-28-9-6-15(10-19(18)28)16-11-24-21-17(16)12-23-20(26-21)14-4-5-14/h6,9-14H,1-5,7-8H2,(H,23,24,26). The van der Waals surface area contributed by atoms with Crippen LogP contribution in [0.5, 0.6) is 0 Å². The number of amides is 1. The Bertz CT molecular complexity index is 1230. The van der Waals surface area contributed by atoms with Crippen LogP contribution >= 0.6 is 0 Å². The van der Waals surface area contributed by atoms with Gasteiger partial charge in [-0.15, -0.1) is 0 Å². The Morgan fingerprint density at radius 3 is 2.83 bits per heavy atom. The van der Waals surface area contributed by atoms with Gasteiger partial charge in [0.05, 0.1) is 17.3 Å². The summed E-state index contributed by atoms with van der Waals surface area (Å²) in [6, 6.07) is 4.06. The monoisotopic (exact) mass is 386 g/mol. The minimum Gasteiger partial charge on any atom is -0.345 e. The van der Waals surface area contributed by atoms with E-state index in [0.717, 1.165) is 59.4 Å². The highest BCUT2D eigenvalue weighted by Gasteiger charge is 2.27. The number of carbonyl (C=O) groups excluding carboxylic acids is 1. The second-order valence-electron chi connectivity index (χ2n) is 8.12. The van der Waals surface area contributed by atoms with Gasteiger partial charge in [-0.1, -0.05) is 0 Å². The predicted molar refractivity (Wildman–Crippen MR) is 110 cm³/mol. The number of rotatable bonds is 3. The number of nitrogens with one attached hydrogen (secondary N) is 1. The summed E-state index contributed by atoms with van der Waals surface area (Å²) in [6.07, 6.45) is 13.2. The summed E-state index contributed by atoms with van der Waals surface area (Å²) in [5, 5.41) is 5.40. The maximum absolute atomic E-state index is 13.0. The van der Waals surface area contributed by atoms with Gasteiger partial charge in [0, 0.05) is 48.5 Å². The zero-order chi connectivity index (χ0) is 19.4. The highest BCUT2D eigenvalue weighted by atomic mass is 16.2. The molecule has 4 aromatic rings. The zero-order valence-electron chi connectivity index (χ0n) is 16.1. The van der Waals surface area contributed by atoms with E-state index in [1.165, 1.54) is 19.3 Å². The summed E-state index contributed by atoms with van der Waals surface area (Å²) in [5.74, 6) is 1.54. The predicted octanol–water partition coefficient (Wildman–Crippen LogP) is 3.78. The van der Waals surface area contributed by atoms with E-state index in [2.05, 4.69) is 15.1 Å². The Labute approximate surface area is 167 Å². The fourth-order valence-electron chi connectivity index (χ4n) is 4.28. The van der Waals surface area contributed by atoms with E-state index in [9.17, 15) is 4.79 Å². The number of piperidine rings is 1. The summed E-state index contributed by atoms with van der Waals surface area (Å²) in [5.41, 5.74) is 4.45. The van der Waals surface area contributed by atoms with E-state index < -0.39 is 0 Å². The van der Waals surface area contributed by atoms with Crippen LogP contribution < -0.4 is 0 Å². The van der Waals surface area contributed by atoms with Crippen molar-refractivity contribution in [3.8, 4) is 11.1 Å². The molecule has 1 aliphatic heterocycles. The fraction of sp³-hybridized carbons (Fsp3) is 0.364. The summed E-state index contributed by atoms with van der Waals surface area (Å²) in [6.45, 7) is 1.66. The van der Waals surface area contributed by atoms with Gasteiger partial charge in [0.2, 0.25) is 0 Å². The number of carbonyl (C=O) groups is 1. The van der Waals surface area contributed by atoms with Crippen molar-refractivity contribution in [1.82, 2.24) is 29.5 Å². The molecular formula is C22H22N6O. The van der Waals surface area contributed by atoms with Crippen molar-refractivity contribution in [3.63, 3.8) is 0 Å². The molecule has 4 aromatic heterocycles. The van der Waals surface area contributed by atoms with Crippen molar-refractivity contribution in [3.05, 3.63) is 48.3 Å². The molecule has 0 aromatic carbocycles. The minimum absolute atomic E-state index is 0.0770. The third kappa shape index (κ3) is 2.80. The maximum atomic E-state index is 13.0. The Morgan fingerprint density at radius 2 is 2.00 bits per heavy atom. The van der Waals surface area contributed by atoms with Crippen LogP contribution in [0.25, 0.3) is 27.7 Å². The lowest BCUT2D eigenvalue weighted by Crippen LogP contribution is -2.35. The van der Waals surface area contributed by atoms with Crippen LogP contribution in [0, 0.1) is 0 Å². The van der Waals surface area contributed by atoms with E-state index in [1.807, 2.05) is 35.6 Å². The minimum atomic E-state index is 0.0770. The fourth-order valence-corrected chi connectivity index (χ4v) is 4.28. The molecule has 1 amide bonds. The molecule has 0 bridgehead atoms. The quantitative estimate of drug-likeness (QED) is 0.581. The molecular weight excluding hydrogens is 364 g/mol. The number of hydrogen-bond donors (Lipinski definition) is 1. The smallest absolute Gasteiger partial charge is 0.257 e. The second kappa shape index (κ2) is 6.40. The first-order valence-electron chi connectivity index (χ1n) is 10.4. The molecule has 0 radical (unpaired) electrons. The Morgan fingerprint density at radius 1 is 1.14 bits per heavy atom. The Kier molecular flexibility index (Phi) is 3.69. The van der Waals surface area contributed by atoms with Gasteiger partial charge < -0.3 is 9.88 Å². The number of aromatic amines is 1. The van der Waals surface area contributed by atoms with Crippen molar-refractivity contribution in [1.29, 1.82) is 0 Å². The molecule has 0 unspecified atom stereocenters. The molecule has 1 N–H and O–H groups in total. The average Bonchev–Trinajstić information content (AvgIpc) is 3.40. The molecule has 5 heterocycles. The third-order valence-corrected chi connectivity index (χ3v) is 6.10. The van der Waals surface area contributed by atoms with Crippen molar-refractivity contribution >= 4 is 22.5 Å². The van der Waals surface area contributed by atoms with Crippen LogP contribution in [0.2, 0.25) is 0 Å². The van der Waals surface area contributed by atoms with Crippen LogP contribution in [-0.2, 0) is 0 Å². The molecule has 1 aliphatic carbocycles. The SMILES string of the molecule is O=C(c1cnn2ccc(-c3c[nH]c4nc(C5CC5)ncc34)cc12)N1CCCCC1. The van der Waals surface area contributed by atoms with Crippen molar-refractivity contribution in [2.75, 3.05) is 13.1 Å². The van der Waals surface area contributed by atoms with Crippen LogP contribution in [0.4, 0.5) is 0 Å². The normalized spacial score (nSPS) is 17.3. The molecule has 0 spiro atoms. The number of nitrogens with zero attached hydrogens (tertiary/aromatic N) is 5. The van der Waals surface area contributed by atoms with Crippen molar-refractivity contribution < 1.29 is 4.79 Å². The van der Waals surface area contributed by atoms with Gasteiger partial charge in [-0.3, -0.25) is 4.79 Å². The first-order chi connectivity index (χ1) is 14.3. The molecule has 6 rings (SSSR count). The average molecular weight is 386 g/mol.